The molecule has 1 N–H and O–H groups in total. The van der Waals surface area contributed by atoms with Crippen LogP contribution in [0.3, 0.4) is 0 Å². The third-order valence-electron chi connectivity index (χ3n) is 2.69. The van der Waals surface area contributed by atoms with Gasteiger partial charge < -0.3 is 14.9 Å². The van der Waals surface area contributed by atoms with E-state index in [1.165, 1.54) is 0 Å². The highest BCUT2D eigenvalue weighted by Crippen LogP contribution is 2.57. The zero-order valence-electron chi connectivity index (χ0n) is 6.00. The number of fused-ring (bicyclic) bond motifs is 1. The number of rotatable bonds is 2. The number of ether oxygens (including phenoxy) is 1. The van der Waals surface area contributed by atoms with Gasteiger partial charge in [0.05, 0.1) is 17.6 Å². The number of aliphatic carboxylic acids is 1. The molecule has 3 rings (SSSR count). The Morgan fingerprint density at radius 2 is 2.27 bits per heavy atom. The summed E-state index contributed by atoms with van der Waals surface area (Å²) in [4.78, 5) is 10.6. The molecular formula is C7H9O4-. The molecule has 0 atom stereocenters. The van der Waals surface area contributed by atoms with Crippen molar-refractivity contribution in [1.82, 2.24) is 0 Å². The summed E-state index contributed by atoms with van der Waals surface area (Å²) in [7, 11) is 0. The quantitative estimate of drug-likeness (QED) is 0.557. The molecule has 2 heterocycles. The second-order valence-electron chi connectivity index (χ2n) is 3.56. The van der Waals surface area contributed by atoms with E-state index in [1.54, 1.807) is 0 Å². The first-order valence-electron chi connectivity index (χ1n) is 3.58. The molecule has 0 aromatic rings. The maximum absolute atomic E-state index is 10.6. The third-order valence-corrected chi connectivity index (χ3v) is 2.69. The van der Waals surface area contributed by atoms with Gasteiger partial charge in [-0.3, -0.25) is 4.79 Å². The fraction of sp³-hybridized carbons (Fsp3) is 0.857. The van der Waals surface area contributed by atoms with Crippen LogP contribution in [0.25, 0.3) is 0 Å². The molecule has 0 aromatic heterocycles. The van der Waals surface area contributed by atoms with E-state index >= 15 is 0 Å². The minimum absolute atomic E-state index is 0.227. The molecule has 4 nitrogen and oxygen atoms in total. The molecule has 0 spiro atoms. The fourth-order valence-corrected chi connectivity index (χ4v) is 2.03. The van der Waals surface area contributed by atoms with Crippen LogP contribution in [0, 0.1) is 5.41 Å². The van der Waals surface area contributed by atoms with Crippen LogP contribution in [0.15, 0.2) is 0 Å². The Bertz CT molecular complexity index is 204. The predicted molar refractivity (Wildman–Crippen MR) is 32.9 cm³/mol. The van der Waals surface area contributed by atoms with E-state index in [2.05, 4.69) is 0 Å². The lowest BCUT2D eigenvalue weighted by Gasteiger charge is -2.43. The fourth-order valence-electron chi connectivity index (χ4n) is 2.03. The highest BCUT2D eigenvalue weighted by Gasteiger charge is 2.64. The van der Waals surface area contributed by atoms with E-state index < -0.39 is 17.0 Å². The lowest BCUT2D eigenvalue weighted by molar-refractivity contribution is -0.403. The van der Waals surface area contributed by atoms with E-state index in [0.29, 0.717) is 12.8 Å². The summed E-state index contributed by atoms with van der Waals surface area (Å²) < 4.78 is 5.14. The zero-order chi connectivity index (χ0) is 8.11. The number of carbonyl (C=O) groups is 1. The van der Waals surface area contributed by atoms with Gasteiger partial charge in [0.1, 0.15) is 0 Å². The van der Waals surface area contributed by atoms with E-state index in [1.807, 2.05) is 0 Å². The zero-order valence-corrected chi connectivity index (χ0v) is 6.00. The van der Waals surface area contributed by atoms with Gasteiger partial charge in [0.25, 0.3) is 0 Å². The normalized spacial score (nSPS) is 47.0. The van der Waals surface area contributed by atoms with Gasteiger partial charge in [-0.15, -0.1) is 6.61 Å². The average Bonchev–Trinajstić information content (AvgIpc) is 2.39. The summed E-state index contributed by atoms with van der Waals surface area (Å²) >= 11 is 0. The molecule has 11 heavy (non-hydrogen) atoms. The first-order valence-corrected chi connectivity index (χ1v) is 3.58. The average molecular weight is 157 g/mol. The van der Waals surface area contributed by atoms with Gasteiger partial charge in [-0.2, -0.15) is 0 Å². The number of hydrogen-bond donors (Lipinski definition) is 1. The van der Waals surface area contributed by atoms with Crippen molar-refractivity contribution in [3.05, 3.63) is 0 Å². The summed E-state index contributed by atoms with van der Waals surface area (Å²) in [6, 6.07) is 0. The van der Waals surface area contributed by atoms with Crippen molar-refractivity contribution in [1.29, 1.82) is 0 Å². The van der Waals surface area contributed by atoms with Gasteiger partial charge in [0.2, 0.25) is 0 Å². The Hall–Kier alpha value is -0.610. The SMILES string of the molecule is O=C(O)C12COC(C[O-])(C1)C2. The van der Waals surface area contributed by atoms with Gasteiger partial charge in [0.15, 0.2) is 0 Å². The topological polar surface area (TPSA) is 69.6 Å². The van der Waals surface area contributed by atoms with Crippen LogP contribution in [-0.4, -0.2) is 29.9 Å². The largest absolute Gasteiger partial charge is 0.852 e. The Labute approximate surface area is 63.8 Å². The molecule has 2 bridgehead atoms. The number of carboxylic acid groups (broad SMARTS) is 1. The number of hydrogen-bond acceptors (Lipinski definition) is 3. The molecule has 0 radical (unpaired) electrons. The molecule has 0 aromatic carbocycles. The predicted octanol–water partition coefficient (Wildman–Crippen LogP) is -1.02. The minimum Gasteiger partial charge on any atom is -0.852 e. The van der Waals surface area contributed by atoms with Crippen LogP contribution < -0.4 is 5.11 Å². The highest BCUT2D eigenvalue weighted by atomic mass is 16.5. The highest BCUT2D eigenvalue weighted by molar-refractivity contribution is 5.77. The molecule has 0 amide bonds. The molecule has 2 aliphatic heterocycles. The summed E-state index contributed by atoms with van der Waals surface area (Å²) in [5.41, 5.74) is -1.32. The molecule has 4 heteroatoms. The summed E-state index contributed by atoms with van der Waals surface area (Å²) in [6.45, 7) is -0.0768. The van der Waals surface area contributed by atoms with Crippen molar-refractivity contribution in [2.45, 2.75) is 18.4 Å². The third kappa shape index (κ3) is 0.684. The van der Waals surface area contributed by atoms with Crippen LogP contribution in [-0.2, 0) is 9.53 Å². The van der Waals surface area contributed by atoms with E-state index in [-0.39, 0.29) is 13.2 Å². The van der Waals surface area contributed by atoms with Crippen LogP contribution >= 0.6 is 0 Å². The summed E-state index contributed by atoms with van der Waals surface area (Å²) in [6.07, 6.45) is 0.831. The van der Waals surface area contributed by atoms with E-state index in [4.69, 9.17) is 9.84 Å². The van der Waals surface area contributed by atoms with Crippen LogP contribution in [0.4, 0.5) is 0 Å². The van der Waals surface area contributed by atoms with Gasteiger partial charge >= 0.3 is 5.97 Å². The Morgan fingerprint density at radius 3 is 2.55 bits per heavy atom. The van der Waals surface area contributed by atoms with Gasteiger partial charge in [0, 0.05) is 0 Å². The first-order chi connectivity index (χ1) is 5.13. The monoisotopic (exact) mass is 157 g/mol. The lowest BCUT2D eigenvalue weighted by atomic mass is 9.63. The van der Waals surface area contributed by atoms with Crippen LogP contribution in [0.2, 0.25) is 0 Å². The molecule has 1 saturated carbocycles. The standard InChI is InChI=1S/C7H9O4/c8-3-7-1-6(2-7,4-11-7)5(9)10/h1-4H2,(H,9,10)/q-1. The van der Waals surface area contributed by atoms with E-state index in [0.717, 1.165) is 0 Å². The summed E-state index contributed by atoms with van der Waals surface area (Å²) in [5, 5.41) is 19.3. The van der Waals surface area contributed by atoms with Crippen LogP contribution in [0.1, 0.15) is 12.8 Å². The first kappa shape index (κ1) is 7.06. The van der Waals surface area contributed by atoms with Crippen molar-refractivity contribution in [3.63, 3.8) is 0 Å². The Morgan fingerprint density at radius 1 is 1.64 bits per heavy atom. The summed E-state index contributed by atoms with van der Waals surface area (Å²) in [5.74, 6) is -0.820. The minimum atomic E-state index is -0.820. The smallest absolute Gasteiger partial charge is 0.312 e. The second kappa shape index (κ2) is 1.76. The molecule has 1 aliphatic carbocycles. The molecule has 2 saturated heterocycles. The van der Waals surface area contributed by atoms with Crippen molar-refractivity contribution < 1.29 is 19.7 Å². The van der Waals surface area contributed by atoms with Crippen molar-refractivity contribution in [2.75, 3.05) is 13.2 Å². The van der Waals surface area contributed by atoms with Crippen molar-refractivity contribution in [2.24, 2.45) is 5.41 Å². The molecule has 3 aliphatic rings. The Balaban J connectivity index is 2.14. The van der Waals surface area contributed by atoms with Gasteiger partial charge in [-0.1, -0.05) is 0 Å². The molecular weight excluding hydrogens is 148 g/mol. The van der Waals surface area contributed by atoms with Crippen molar-refractivity contribution in [3.8, 4) is 0 Å². The van der Waals surface area contributed by atoms with Gasteiger partial charge in [-0.25, -0.2) is 0 Å². The maximum atomic E-state index is 10.6. The second-order valence-corrected chi connectivity index (χ2v) is 3.56. The maximum Gasteiger partial charge on any atom is 0.312 e. The molecule has 3 fully saturated rings. The lowest BCUT2D eigenvalue weighted by Crippen LogP contribution is -2.53. The molecule has 0 unspecified atom stereocenters. The van der Waals surface area contributed by atoms with Gasteiger partial charge in [-0.05, 0) is 12.8 Å². The van der Waals surface area contributed by atoms with E-state index in [9.17, 15) is 9.90 Å². The van der Waals surface area contributed by atoms with Crippen LogP contribution in [0.5, 0.6) is 0 Å². The molecule has 62 valence electrons. The number of carboxylic acids is 1. The van der Waals surface area contributed by atoms with Crippen molar-refractivity contribution >= 4 is 5.97 Å². The Kier molecular flexibility index (Phi) is 1.13.